The van der Waals surface area contributed by atoms with E-state index in [1.54, 1.807) is 55.0 Å². The number of fused-ring (bicyclic) bond motifs is 1. The Morgan fingerprint density at radius 3 is 2.56 bits per heavy atom. The van der Waals surface area contributed by atoms with E-state index >= 15 is 0 Å². The molecule has 0 saturated carbocycles. The Bertz CT molecular complexity index is 1280. The molecule has 8 nitrogen and oxygen atoms in total. The average Bonchev–Trinajstić information content (AvgIpc) is 3.46. The van der Waals surface area contributed by atoms with Gasteiger partial charge in [-0.1, -0.05) is 36.4 Å². The maximum Gasteiger partial charge on any atom is 0.283 e. The fourth-order valence-corrected chi connectivity index (χ4v) is 4.90. The molecule has 2 aromatic carbocycles. The predicted octanol–water partition coefficient (Wildman–Crippen LogP) is 3.00. The number of nitrogens with zero attached hydrogens (tertiary/aromatic N) is 4. The Balaban J connectivity index is 1.38. The van der Waals surface area contributed by atoms with Crippen LogP contribution in [0.3, 0.4) is 0 Å². The van der Waals surface area contributed by atoms with Crippen LogP contribution in [0.2, 0.25) is 0 Å². The molecule has 32 heavy (non-hydrogen) atoms. The minimum absolute atomic E-state index is 0.0173. The van der Waals surface area contributed by atoms with Gasteiger partial charge in [-0.2, -0.15) is 17.6 Å². The van der Waals surface area contributed by atoms with E-state index in [0.29, 0.717) is 37.0 Å². The van der Waals surface area contributed by atoms with Crippen molar-refractivity contribution in [2.24, 2.45) is 0 Å². The molecule has 0 aliphatic rings. The minimum atomic E-state index is -3.80. The van der Waals surface area contributed by atoms with E-state index in [-0.39, 0.29) is 10.8 Å². The van der Waals surface area contributed by atoms with Crippen molar-refractivity contribution in [3.05, 3.63) is 79.0 Å². The van der Waals surface area contributed by atoms with Crippen molar-refractivity contribution in [1.29, 1.82) is 0 Å². The summed E-state index contributed by atoms with van der Waals surface area (Å²) in [5.74, 6) is -0.0173. The number of carbonyl (C=O) groups excluding carboxylic acids is 1. The van der Waals surface area contributed by atoms with Crippen molar-refractivity contribution in [2.75, 3.05) is 6.54 Å². The molecule has 0 aliphatic heterocycles. The molecule has 9 heteroatoms. The molecule has 0 aliphatic carbocycles. The summed E-state index contributed by atoms with van der Waals surface area (Å²) in [4.78, 5) is 16.3. The zero-order valence-electron chi connectivity index (χ0n) is 17.6. The monoisotopic (exact) mass is 451 g/mol. The van der Waals surface area contributed by atoms with E-state index in [2.05, 4.69) is 15.4 Å². The number of nitrogens with one attached hydrogen (secondary N) is 1. The number of aromatic nitrogens is 4. The Labute approximate surface area is 187 Å². The minimum Gasteiger partial charge on any atom is -0.356 e. The third-order valence-electron chi connectivity index (χ3n) is 5.19. The van der Waals surface area contributed by atoms with Gasteiger partial charge in [0.2, 0.25) is 5.91 Å². The van der Waals surface area contributed by atoms with Gasteiger partial charge >= 0.3 is 0 Å². The van der Waals surface area contributed by atoms with Crippen LogP contribution in [0, 0.1) is 0 Å². The van der Waals surface area contributed by atoms with Gasteiger partial charge in [0.15, 0.2) is 0 Å². The first kappa shape index (κ1) is 21.8. The number of carbonyl (C=O) groups is 1. The van der Waals surface area contributed by atoms with Crippen molar-refractivity contribution in [1.82, 2.24) is 24.1 Å². The van der Waals surface area contributed by atoms with Crippen LogP contribution in [0.15, 0.2) is 78.2 Å². The third kappa shape index (κ3) is 4.88. The molecule has 2 heterocycles. The van der Waals surface area contributed by atoms with Gasteiger partial charge in [-0.05, 0) is 37.5 Å². The van der Waals surface area contributed by atoms with Crippen LogP contribution in [0.25, 0.3) is 10.9 Å². The number of imidazole rings is 1. The number of para-hydroxylation sites is 1. The molecule has 0 fully saturated rings. The molecule has 0 radical (unpaired) electrons. The maximum absolute atomic E-state index is 13.1. The largest absolute Gasteiger partial charge is 0.356 e. The molecule has 0 atom stereocenters. The molecule has 4 aromatic rings. The van der Waals surface area contributed by atoms with Gasteiger partial charge < -0.3 is 9.88 Å². The molecule has 0 spiro atoms. The van der Waals surface area contributed by atoms with Crippen LogP contribution >= 0.6 is 0 Å². The zero-order chi connectivity index (χ0) is 22.4. The number of hydrogen-bond donors (Lipinski definition) is 1. The van der Waals surface area contributed by atoms with E-state index in [4.69, 9.17) is 0 Å². The van der Waals surface area contributed by atoms with Crippen LogP contribution < -0.4 is 5.32 Å². The smallest absolute Gasteiger partial charge is 0.283 e. The lowest BCUT2D eigenvalue weighted by atomic mass is 10.1. The Hall–Kier alpha value is -3.46. The first-order valence-corrected chi connectivity index (χ1v) is 12.0. The van der Waals surface area contributed by atoms with Crippen molar-refractivity contribution in [2.45, 2.75) is 37.1 Å². The summed E-state index contributed by atoms with van der Waals surface area (Å²) in [6.07, 6.45) is 7.66. The highest BCUT2D eigenvalue weighted by Gasteiger charge is 2.22. The third-order valence-corrected chi connectivity index (χ3v) is 6.79. The van der Waals surface area contributed by atoms with E-state index in [0.717, 1.165) is 22.4 Å². The van der Waals surface area contributed by atoms with E-state index < -0.39 is 10.0 Å². The quantitative estimate of drug-likeness (QED) is 0.374. The Morgan fingerprint density at radius 2 is 1.78 bits per heavy atom. The fourth-order valence-electron chi connectivity index (χ4n) is 3.58. The number of amides is 1. The van der Waals surface area contributed by atoms with Crippen molar-refractivity contribution in [3.8, 4) is 0 Å². The molecule has 2 aromatic heterocycles. The lowest BCUT2D eigenvalue weighted by molar-refractivity contribution is -0.121. The van der Waals surface area contributed by atoms with Crippen LogP contribution in [0.1, 0.15) is 25.0 Å². The first-order chi connectivity index (χ1) is 15.6. The SMILES string of the molecule is O=C(CCCc1nn(S(=O)(=O)c2ccccc2)c2ccccc12)NCCCn1ccnc1. The molecule has 1 amide bonds. The molecular formula is C23H25N5O3S. The normalized spacial score (nSPS) is 11.6. The first-order valence-electron chi connectivity index (χ1n) is 10.6. The summed E-state index contributed by atoms with van der Waals surface area (Å²) < 4.78 is 29.3. The highest BCUT2D eigenvalue weighted by atomic mass is 32.2. The summed E-state index contributed by atoms with van der Waals surface area (Å²) in [7, 11) is -3.80. The second-order valence-electron chi connectivity index (χ2n) is 7.48. The number of rotatable bonds is 10. The zero-order valence-corrected chi connectivity index (χ0v) is 18.4. The number of aryl methyl sites for hydroxylation is 2. The molecular weight excluding hydrogens is 426 g/mol. The second-order valence-corrected chi connectivity index (χ2v) is 9.25. The van der Waals surface area contributed by atoms with Crippen molar-refractivity contribution in [3.63, 3.8) is 0 Å². The van der Waals surface area contributed by atoms with Crippen LogP contribution in [-0.4, -0.2) is 39.6 Å². The van der Waals surface area contributed by atoms with Gasteiger partial charge in [0.25, 0.3) is 10.0 Å². The fraction of sp³-hybridized carbons (Fsp3) is 0.261. The Kier molecular flexibility index (Phi) is 6.65. The second kappa shape index (κ2) is 9.78. The highest BCUT2D eigenvalue weighted by molar-refractivity contribution is 7.90. The standard InChI is InChI=1S/C23H25N5O3S/c29-23(25-14-7-16-27-17-15-24-18-27)13-6-11-21-20-10-4-5-12-22(20)28(26-21)32(30,31)19-8-2-1-3-9-19/h1-5,8-10,12,15,17-18H,6-7,11,13-14,16H2,(H,25,29). The maximum atomic E-state index is 13.1. The number of hydrogen-bond acceptors (Lipinski definition) is 5. The molecule has 0 saturated heterocycles. The van der Waals surface area contributed by atoms with E-state index in [9.17, 15) is 13.2 Å². The molecule has 0 bridgehead atoms. The summed E-state index contributed by atoms with van der Waals surface area (Å²) in [5.41, 5.74) is 1.21. The Morgan fingerprint density at radius 1 is 1.00 bits per heavy atom. The van der Waals surface area contributed by atoms with E-state index in [1.807, 2.05) is 22.9 Å². The topological polar surface area (TPSA) is 98.9 Å². The van der Waals surface area contributed by atoms with Crippen LogP contribution in [0.4, 0.5) is 0 Å². The summed E-state index contributed by atoms with van der Waals surface area (Å²) in [5, 5.41) is 8.14. The van der Waals surface area contributed by atoms with Gasteiger partial charge in [0.1, 0.15) is 0 Å². The van der Waals surface area contributed by atoms with E-state index in [1.165, 1.54) is 0 Å². The van der Waals surface area contributed by atoms with Gasteiger partial charge in [-0.15, -0.1) is 0 Å². The lowest BCUT2D eigenvalue weighted by Crippen LogP contribution is -2.25. The van der Waals surface area contributed by atoms with Gasteiger partial charge in [-0.25, -0.2) is 4.98 Å². The average molecular weight is 452 g/mol. The van der Waals surface area contributed by atoms with Crippen LogP contribution in [0.5, 0.6) is 0 Å². The van der Waals surface area contributed by atoms with Gasteiger partial charge in [0, 0.05) is 37.3 Å². The highest BCUT2D eigenvalue weighted by Crippen LogP contribution is 2.24. The lowest BCUT2D eigenvalue weighted by Gasteiger charge is -2.06. The van der Waals surface area contributed by atoms with Gasteiger partial charge in [-0.3, -0.25) is 4.79 Å². The molecule has 1 N–H and O–H groups in total. The predicted molar refractivity (Wildman–Crippen MR) is 122 cm³/mol. The van der Waals surface area contributed by atoms with Crippen LogP contribution in [-0.2, 0) is 27.8 Å². The molecule has 0 unspecified atom stereocenters. The van der Waals surface area contributed by atoms with Gasteiger partial charge in [0.05, 0.1) is 22.4 Å². The van der Waals surface area contributed by atoms with Crippen molar-refractivity contribution < 1.29 is 13.2 Å². The molecule has 166 valence electrons. The summed E-state index contributed by atoms with van der Waals surface area (Å²) in [6.45, 7) is 1.41. The van der Waals surface area contributed by atoms with Crippen molar-refractivity contribution >= 4 is 26.8 Å². The number of benzene rings is 2. The summed E-state index contributed by atoms with van der Waals surface area (Å²) >= 11 is 0. The summed E-state index contributed by atoms with van der Waals surface area (Å²) in [6, 6.07) is 15.5. The molecule has 4 rings (SSSR count).